The van der Waals surface area contributed by atoms with Gasteiger partial charge in [-0.1, -0.05) is 0 Å². The molecule has 0 atom stereocenters. The first-order chi connectivity index (χ1) is 1.91. The van der Waals surface area contributed by atoms with Crippen molar-refractivity contribution in [2.45, 2.75) is 0 Å². The predicted molar refractivity (Wildman–Crippen MR) is 12.6 cm³/mol. The van der Waals surface area contributed by atoms with Gasteiger partial charge in [-0.15, -0.1) is 0 Å². The highest BCUT2D eigenvalue weighted by molar-refractivity contribution is 4.06. The van der Waals surface area contributed by atoms with Crippen LogP contribution in [-0.4, -0.2) is 18.3 Å². The summed E-state index contributed by atoms with van der Waals surface area (Å²) in [7, 11) is 0. The molecule has 0 spiro atoms. The van der Waals surface area contributed by atoms with E-state index in [1.54, 1.807) is 0 Å². The van der Waals surface area contributed by atoms with Crippen molar-refractivity contribution in [3.8, 4) is 0 Å². The fourth-order valence-corrected chi connectivity index (χ4v) is 0. The van der Waals surface area contributed by atoms with Gasteiger partial charge in [0.25, 0.3) is 0 Å². The Balaban J connectivity index is 1.97. The van der Waals surface area contributed by atoms with E-state index >= 15 is 0 Å². The summed E-state index contributed by atoms with van der Waals surface area (Å²) in [6.07, 6.45) is 0. The second kappa shape index (κ2) is 2.92. The van der Waals surface area contributed by atoms with Crippen LogP contribution < -0.4 is 0 Å². The zero-order chi connectivity index (χ0) is 3.41. The standard InChI is InChI=1S/C2H5O2/c3-1-2-4/h3H,1-2H2. The van der Waals surface area contributed by atoms with E-state index in [2.05, 4.69) is 0 Å². The minimum absolute atomic E-state index is 0.236. The van der Waals surface area contributed by atoms with Gasteiger partial charge in [0.05, 0.1) is 6.61 Å². The van der Waals surface area contributed by atoms with Gasteiger partial charge < -0.3 is 5.11 Å². The summed E-state index contributed by atoms with van der Waals surface area (Å²) in [5, 5.41) is 16.6. The quantitative estimate of drug-likeness (QED) is 0.432. The van der Waals surface area contributed by atoms with Crippen LogP contribution in [0.3, 0.4) is 0 Å². The van der Waals surface area contributed by atoms with Gasteiger partial charge in [0.15, 0.2) is 0 Å². The van der Waals surface area contributed by atoms with Crippen molar-refractivity contribution in [3.63, 3.8) is 0 Å². The van der Waals surface area contributed by atoms with Crippen LogP contribution in [0.25, 0.3) is 0 Å². The van der Waals surface area contributed by atoms with Crippen LogP contribution in [0.2, 0.25) is 0 Å². The maximum atomic E-state index is 9.05. The van der Waals surface area contributed by atoms with Crippen LogP contribution in [-0.2, 0) is 5.11 Å². The molecule has 4 heavy (non-hydrogen) atoms. The smallest absolute Gasteiger partial charge is 0.105 e. The lowest BCUT2D eigenvalue weighted by Crippen LogP contribution is -1.82. The zero-order valence-corrected chi connectivity index (χ0v) is 2.27. The predicted octanol–water partition coefficient (Wildman–Crippen LogP) is -0.591. The molecule has 0 bridgehead atoms. The molecular weight excluding hydrogens is 56.0 g/mol. The van der Waals surface area contributed by atoms with Crippen LogP contribution in [0.4, 0.5) is 0 Å². The van der Waals surface area contributed by atoms with E-state index in [4.69, 9.17) is 10.2 Å². The van der Waals surface area contributed by atoms with Crippen molar-refractivity contribution in [2.75, 3.05) is 13.2 Å². The van der Waals surface area contributed by atoms with Gasteiger partial charge in [-0.3, -0.25) is 0 Å². The van der Waals surface area contributed by atoms with E-state index in [0.29, 0.717) is 0 Å². The summed E-state index contributed by atoms with van der Waals surface area (Å²) in [6, 6.07) is 0. The SMILES string of the molecule is [O]CCO. The molecular formula is C2H5O2. The summed E-state index contributed by atoms with van der Waals surface area (Å²) in [5.41, 5.74) is 0. The fourth-order valence-electron chi connectivity index (χ4n) is 0. The molecule has 0 rings (SSSR count). The molecule has 0 unspecified atom stereocenters. The average Bonchev–Trinajstić information content (AvgIpc) is 1.37. The molecule has 0 aliphatic rings. The van der Waals surface area contributed by atoms with E-state index in [-0.39, 0.29) is 13.2 Å². The molecule has 0 saturated carbocycles. The Morgan fingerprint density at radius 2 is 2.00 bits per heavy atom. The molecule has 2 heteroatoms. The van der Waals surface area contributed by atoms with E-state index in [1.165, 1.54) is 0 Å². The maximum absolute atomic E-state index is 9.05. The third kappa shape index (κ3) is 1.92. The van der Waals surface area contributed by atoms with Crippen LogP contribution in [0, 0.1) is 0 Å². The first-order valence-corrected chi connectivity index (χ1v) is 1.10. The highest BCUT2D eigenvalue weighted by Gasteiger charge is 1.61. The van der Waals surface area contributed by atoms with Gasteiger partial charge >= 0.3 is 0 Å². The number of hydrogen-bond acceptors (Lipinski definition) is 1. The maximum Gasteiger partial charge on any atom is 0.105 e. The van der Waals surface area contributed by atoms with Gasteiger partial charge in [-0.2, -0.15) is 0 Å². The molecule has 0 fully saturated rings. The van der Waals surface area contributed by atoms with Crippen molar-refractivity contribution >= 4 is 0 Å². The van der Waals surface area contributed by atoms with Crippen LogP contribution in [0.15, 0.2) is 0 Å². The molecule has 0 aromatic heterocycles. The van der Waals surface area contributed by atoms with E-state index < -0.39 is 0 Å². The molecule has 0 aromatic carbocycles. The van der Waals surface area contributed by atoms with Gasteiger partial charge in [0, 0.05) is 0 Å². The Bertz CT molecular complexity index is 6.00. The second-order valence-corrected chi connectivity index (χ2v) is 0.428. The highest BCUT2D eigenvalue weighted by Crippen LogP contribution is 1.42. The zero-order valence-electron chi connectivity index (χ0n) is 2.27. The minimum atomic E-state index is -0.375. The topological polar surface area (TPSA) is 40.1 Å². The van der Waals surface area contributed by atoms with E-state index in [0.717, 1.165) is 0 Å². The first kappa shape index (κ1) is 3.92. The van der Waals surface area contributed by atoms with E-state index in [9.17, 15) is 0 Å². The molecule has 0 aliphatic heterocycles. The summed E-state index contributed by atoms with van der Waals surface area (Å²) in [5.74, 6) is 0. The van der Waals surface area contributed by atoms with Crippen molar-refractivity contribution in [1.29, 1.82) is 0 Å². The molecule has 2 nitrogen and oxygen atoms in total. The Hall–Kier alpha value is -0.0800. The first-order valence-electron chi connectivity index (χ1n) is 1.10. The van der Waals surface area contributed by atoms with Crippen molar-refractivity contribution < 1.29 is 10.2 Å². The number of hydrogen-bond donors (Lipinski definition) is 1. The van der Waals surface area contributed by atoms with Gasteiger partial charge in [-0.05, 0) is 0 Å². The molecule has 25 valence electrons. The molecule has 0 saturated heterocycles. The number of aliphatic hydroxyl groups excluding tert-OH is 1. The Labute approximate surface area is 24.7 Å². The van der Waals surface area contributed by atoms with Crippen LogP contribution >= 0.6 is 0 Å². The lowest BCUT2D eigenvalue weighted by Gasteiger charge is -1.66. The Kier molecular flexibility index (Phi) is 2.86. The summed E-state index contributed by atoms with van der Waals surface area (Å²) < 4.78 is 0. The summed E-state index contributed by atoms with van der Waals surface area (Å²) in [6.45, 7) is -0.611. The summed E-state index contributed by atoms with van der Waals surface area (Å²) in [4.78, 5) is 0. The van der Waals surface area contributed by atoms with Gasteiger partial charge in [0.2, 0.25) is 0 Å². The third-order valence-electron chi connectivity index (χ3n) is 0.0913. The lowest BCUT2D eigenvalue weighted by atomic mass is 10.8. The van der Waals surface area contributed by atoms with Crippen LogP contribution in [0.1, 0.15) is 0 Å². The third-order valence-corrected chi connectivity index (χ3v) is 0.0913. The van der Waals surface area contributed by atoms with Crippen LogP contribution in [0.5, 0.6) is 0 Å². The average molecular weight is 61.1 g/mol. The van der Waals surface area contributed by atoms with Crippen molar-refractivity contribution in [1.82, 2.24) is 0 Å². The normalized spacial score (nSPS) is 7.50. The largest absolute Gasteiger partial charge is 0.394 e. The minimum Gasteiger partial charge on any atom is -0.394 e. The van der Waals surface area contributed by atoms with Crippen molar-refractivity contribution in [2.24, 2.45) is 0 Å². The van der Waals surface area contributed by atoms with Gasteiger partial charge in [-0.25, -0.2) is 5.11 Å². The molecule has 0 amide bonds. The van der Waals surface area contributed by atoms with Crippen molar-refractivity contribution in [3.05, 3.63) is 0 Å². The molecule has 0 aromatic rings. The van der Waals surface area contributed by atoms with E-state index in [1.807, 2.05) is 0 Å². The second-order valence-electron chi connectivity index (χ2n) is 0.428. The Morgan fingerprint density at radius 3 is 2.00 bits per heavy atom. The summed E-state index contributed by atoms with van der Waals surface area (Å²) >= 11 is 0. The number of aliphatic hydroxyl groups is 1. The highest BCUT2D eigenvalue weighted by atomic mass is 16.3. The molecule has 1 radical (unpaired) electrons. The van der Waals surface area contributed by atoms with Gasteiger partial charge in [0.1, 0.15) is 6.61 Å². The molecule has 0 aliphatic carbocycles. The lowest BCUT2D eigenvalue weighted by molar-refractivity contribution is 0.127. The molecule has 0 heterocycles. The molecule has 1 N–H and O–H groups in total. The Morgan fingerprint density at radius 1 is 1.75 bits per heavy atom. The monoisotopic (exact) mass is 61.0 g/mol. The fraction of sp³-hybridized carbons (Fsp3) is 1.00. The number of rotatable bonds is 1.